The molecule has 0 saturated heterocycles. The van der Waals surface area contributed by atoms with Gasteiger partial charge in [0.25, 0.3) is 5.91 Å². The normalized spacial score (nSPS) is 17.1. The molecule has 0 fully saturated rings. The largest absolute Gasteiger partial charge is 0.428 e. The third-order valence-electron chi connectivity index (χ3n) is 5.82. The van der Waals surface area contributed by atoms with Crippen LogP contribution in [-0.2, 0) is 15.2 Å². The van der Waals surface area contributed by atoms with E-state index < -0.39 is 40.9 Å². The van der Waals surface area contributed by atoms with Crippen molar-refractivity contribution in [3.05, 3.63) is 105 Å². The lowest BCUT2D eigenvalue weighted by Crippen LogP contribution is -2.42. The van der Waals surface area contributed by atoms with Crippen LogP contribution in [0.3, 0.4) is 0 Å². The molecule has 0 aliphatic carbocycles. The molecule has 1 unspecified atom stereocenters. The number of amides is 2. The number of carbonyl (C=O) groups excluding carboxylic acids is 2. The Hall–Kier alpha value is -3.47. The van der Waals surface area contributed by atoms with Crippen molar-refractivity contribution in [1.29, 1.82) is 0 Å². The van der Waals surface area contributed by atoms with Gasteiger partial charge in [-0.1, -0.05) is 29.3 Å². The average molecular weight is 571 g/mol. The summed E-state index contributed by atoms with van der Waals surface area (Å²) in [5.41, 5.74) is -1.04. The Morgan fingerprint density at radius 1 is 0.974 bits per heavy atom. The zero-order chi connectivity index (χ0) is 28.0. The van der Waals surface area contributed by atoms with Crippen molar-refractivity contribution in [2.75, 3.05) is 4.90 Å². The quantitative estimate of drug-likeness (QED) is 0.340. The van der Waals surface area contributed by atoms with Gasteiger partial charge in [-0.3, -0.25) is 19.9 Å². The molecule has 1 aliphatic rings. The van der Waals surface area contributed by atoms with Gasteiger partial charge >= 0.3 is 6.18 Å². The molecule has 1 aliphatic heterocycles. The molecule has 198 valence electrons. The van der Waals surface area contributed by atoms with Gasteiger partial charge in [0, 0.05) is 34.2 Å². The van der Waals surface area contributed by atoms with Crippen LogP contribution in [0.1, 0.15) is 34.0 Å². The first-order valence-electron chi connectivity index (χ1n) is 10.8. The number of aryl methyl sites for hydroxylation is 1. The number of nitrogens with zero attached hydrogens (tertiary/aromatic N) is 1. The van der Waals surface area contributed by atoms with Gasteiger partial charge in [-0.2, -0.15) is 13.2 Å². The molecule has 4 rings (SSSR count). The molecule has 1 N–H and O–H groups in total. The predicted molar refractivity (Wildman–Crippen MR) is 131 cm³/mol. The van der Waals surface area contributed by atoms with Gasteiger partial charge in [0.05, 0.1) is 11.4 Å². The van der Waals surface area contributed by atoms with Crippen molar-refractivity contribution in [2.24, 2.45) is 0 Å². The van der Waals surface area contributed by atoms with Gasteiger partial charge in [0.15, 0.2) is 0 Å². The fraction of sp³-hybridized carbons (Fsp3) is 0.154. The van der Waals surface area contributed by atoms with Crippen molar-refractivity contribution in [1.82, 2.24) is 5.48 Å². The molecule has 3 aromatic carbocycles. The van der Waals surface area contributed by atoms with Gasteiger partial charge in [-0.15, -0.1) is 0 Å². The first-order chi connectivity index (χ1) is 17.7. The van der Waals surface area contributed by atoms with Crippen molar-refractivity contribution >= 4 is 46.4 Å². The van der Waals surface area contributed by atoms with Crippen LogP contribution < -0.4 is 10.4 Å². The second kappa shape index (κ2) is 10.0. The molecule has 0 saturated carbocycles. The van der Waals surface area contributed by atoms with Crippen molar-refractivity contribution in [3.8, 4) is 0 Å². The minimum absolute atomic E-state index is 0.0205. The van der Waals surface area contributed by atoms with Crippen LogP contribution in [0.4, 0.5) is 27.6 Å². The SMILES string of the molecule is CC(=O)N(C(=O)c1ccc(C2=CC(c3cc(Cl)cc(Cl)c3)(C(F)(F)F)ON2)cc1C)c1ccc(F)cc1F. The highest BCUT2D eigenvalue weighted by atomic mass is 35.5. The Bertz CT molecular complexity index is 1470. The number of carbonyl (C=O) groups is 2. The van der Waals surface area contributed by atoms with Crippen molar-refractivity contribution < 1.29 is 36.4 Å². The third-order valence-corrected chi connectivity index (χ3v) is 6.25. The Labute approximate surface area is 223 Å². The van der Waals surface area contributed by atoms with E-state index in [1.807, 2.05) is 0 Å². The molecule has 0 aromatic heterocycles. The summed E-state index contributed by atoms with van der Waals surface area (Å²) in [5, 5.41) is -0.0409. The maximum absolute atomic E-state index is 14.3. The number of hydrogen-bond donors (Lipinski definition) is 1. The van der Waals surface area contributed by atoms with E-state index in [4.69, 9.17) is 28.0 Å². The Balaban J connectivity index is 1.73. The van der Waals surface area contributed by atoms with Crippen LogP contribution in [0.2, 0.25) is 10.0 Å². The fourth-order valence-electron chi connectivity index (χ4n) is 4.03. The van der Waals surface area contributed by atoms with E-state index in [1.54, 1.807) is 0 Å². The maximum atomic E-state index is 14.3. The van der Waals surface area contributed by atoms with Crippen LogP contribution in [0.5, 0.6) is 0 Å². The molecule has 0 radical (unpaired) electrons. The molecular weight excluding hydrogens is 554 g/mol. The number of anilines is 1. The average Bonchev–Trinajstić information content (AvgIpc) is 3.27. The molecular formula is C26H17Cl2F5N2O3. The molecule has 1 atom stereocenters. The minimum atomic E-state index is -4.91. The lowest BCUT2D eigenvalue weighted by atomic mass is 9.91. The Kier molecular flexibility index (Phi) is 7.26. The molecule has 1 heterocycles. The highest BCUT2D eigenvalue weighted by molar-refractivity contribution is 6.34. The monoisotopic (exact) mass is 570 g/mol. The minimum Gasteiger partial charge on any atom is -0.274 e. The van der Waals surface area contributed by atoms with Crippen molar-refractivity contribution in [3.63, 3.8) is 0 Å². The van der Waals surface area contributed by atoms with Crippen LogP contribution in [0.15, 0.2) is 60.7 Å². The zero-order valence-electron chi connectivity index (χ0n) is 19.6. The van der Waals surface area contributed by atoms with E-state index >= 15 is 0 Å². The fourth-order valence-corrected chi connectivity index (χ4v) is 4.56. The summed E-state index contributed by atoms with van der Waals surface area (Å²) in [6.07, 6.45) is -4.09. The number of hydrogen-bond acceptors (Lipinski definition) is 4. The number of imide groups is 1. The van der Waals surface area contributed by atoms with E-state index in [-0.39, 0.29) is 38.0 Å². The van der Waals surface area contributed by atoms with Gasteiger partial charge in [0.1, 0.15) is 11.6 Å². The summed E-state index contributed by atoms with van der Waals surface area (Å²) < 4.78 is 70.4. The number of alkyl halides is 3. The third kappa shape index (κ3) is 4.99. The highest BCUT2D eigenvalue weighted by Gasteiger charge is 2.59. The van der Waals surface area contributed by atoms with Gasteiger partial charge in [0.2, 0.25) is 11.5 Å². The summed E-state index contributed by atoms with van der Waals surface area (Å²) in [7, 11) is 0. The Morgan fingerprint density at radius 3 is 2.18 bits per heavy atom. The molecule has 2 amide bonds. The number of benzene rings is 3. The highest BCUT2D eigenvalue weighted by Crippen LogP contribution is 2.48. The summed E-state index contributed by atoms with van der Waals surface area (Å²) in [5.74, 6) is -3.75. The summed E-state index contributed by atoms with van der Waals surface area (Å²) in [6.45, 7) is 2.52. The lowest BCUT2D eigenvalue weighted by Gasteiger charge is -2.28. The van der Waals surface area contributed by atoms with Crippen LogP contribution in [0, 0.1) is 18.6 Å². The summed E-state index contributed by atoms with van der Waals surface area (Å²) in [4.78, 5) is 31.0. The van der Waals surface area contributed by atoms with Crippen LogP contribution in [-0.4, -0.2) is 18.0 Å². The maximum Gasteiger partial charge on any atom is 0.428 e. The summed E-state index contributed by atoms with van der Waals surface area (Å²) in [6, 6.07) is 9.84. The number of rotatable bonds is 4. The molecule has 0 bridgehead atoms. The second-order valence-electron chi connectivity index (χ2n) is 8.44. The van der Waals surface area contributed by atoms with E-state index in [9.17, 15) is 31.5 Å². The van der Waals surface area contributed by atoms with Gasteiger partial charge in [-0.05, 0) is 66.6 Å². The van der Waals surface area contributed by atoms with E-state index in [1.165, 1.54) is 31.2 Å². The van der Waals surface area contributed by atoms with E-state index in [0.717, 1.165) is 37.3 Å². The number of hydroxylamine groups is 1. The second-order valence-corrected chi connectivity index (χ2v) is 9.31. The van der Waals surface area contributed by atoms with Crippen LogP contribution in [0.25, 0.3) is 5.70 Å². The Morgan fingerprint density at radius 2 is 1.63 bits per heavy atom. The number of nitrogens with one attached hydrogen (secondary N) is 1. The molecule has 12 heteroatoms. The van der Waals surface area contributed by atoms with Gasteiger partial charge in [-0.25, -0.2) is 13.7 Å². The topological polar surface area (TPSA) is 58.6 Å². The van der Waals surface area contributed by atoms with Crippen LogP contribution >= 0.6 is 23.2 Å². The molecule has 38 heavy (non-hydrogen) atoms. The lowest BCUT2D eigenvalue weighted by molar-refractivity contribution is -0.269. The molecule has 5 nitrogen and oxygen atoms in total. The van der Waals surface area contributed by atoms with E-state index in [2.05, 4.69) is 5.48 Å². The predicted octanol–water partition coefficient (Wildman–Crippen LogP) is 7.11. The van der Waals surface area contributed by atoms with Crippen molar-refractivity contribution in [2.45, 2.75) is 25.6 Å². The molecule has 0 spiro atoms. The summed E-state index contributed by atoms with van der Waals surface area (Å²) >= 11 is 11.8. The standard InChI is InChI=1S/C26H17Cl2F5N2O3/c1-13-7-15(3-5-20(13)24(37)35(14(2)36)23-6-4-19(29)11-21(23)30)22-12-25(38-34-22,26(31,32)33)16-8-17(27)10-18(28)9-16/h3-12,34H,1-2H3. The zero-order valence-corrected chi connectivity index (χ0v) is 21.1. The molecule has 3 aromatic rings. The number of halogens is 7. The van der Waals surface area contributed by atoms with Gasteiger partial charge < -0.3 is 0 Å². The smallest absolute Gasteiger partial charge is 0.274 e. The first-order valence-corrected chi connectivity index (χ1v) is 11.6. The first kappa shape index (κ1) is 27.6. The van der Waals surface area contributed by atoms with E-state index in [0.29, 0.717) is 11.0 Å².